The first kappa shape index (κ1) is 12.8. The van der Waals surface area contributed by atoms with E-state index in [9.17, 15) is 4.79 Å². The van der Waals surface area contributed by atoms with Crippen LogP contribution in [0.25, 0.3) is 0 Å². The Hall–Kier alpha value is -0.240. The van der Waals surface area contributed by atoms with Gasteiger partial charge in [-0.3, -0.25) is 4.79 Å². The highest BCUT2D eigenvalue weighted by molar-refractivity contribution is 6.18. The number of halogens is 1. The predicted octanol–water partition coefficient (Wildman–Crippen LogP) is 3.13. The smallest absolute Gasteiger partial charge is 0.307 e. The zero-order valence-corrected chi connectivity index (χ0v) is 9.27. The molecule has 0 aromatic heterocycles. The van der Waals surface area contributed by atoms with Crippen molar-refractivity contribution in [1.29, 1.82) is 0 Å². The Morgan fingerprint density at radius 3 is 2.23 bits per heavy atom. The molecule has 13 heavy (non-hydrogen) atoms. The Kier molecular flexibility index (Phi) is 8.21. The molecule has 0 radical (unpaired) electrons. The van der Waals surface area contributed by atoms with Crippen LogP contribution < -0.4 is 0 Å². The van der Waals surface area contributed by atoms with E-state index >= 15 is 0 Å². The minimum absolute atomic E-state index is 0.103. The summed E-state index contributed by atoms with van der Waals surface area (Å²) in [5.74, 6) is 0.186. The number of hydrogen-bond donors (Lipinski definition) is 0. The highest BCUT2D eigenvalue weighted by atomic mass is 35.5. The van der Waals surface area contributed by atoms with Crippen LogP contribution in [0.5, 0.6) is 0 Å². The zero-order chi connectivity index (χ0) is 10.1. The van der Waals surface area contributed by atoms with Crippen LogP contribution in [0.2, 0.25) is 0 Å². The molecule has 3 heteroatoms. The van der Waals surface area contributed by atoms with Crippen LogP contribution in [0.15, 0.2) is 0 Å². The minimum atomic E-state index is -0.165. The van der Waals surface area contributed by atoms with Gasteiger partial charge in [-0.2, -0.15) is 0 Å². The van der Waals surface area contributed by atoms with Crippen LogP contribution >= 0.6 is 11.6 Å². The average molecular weight is 207 g/mol. The van der Waals surface area contributed by atoms with Gasteiger partial charge in [0.05, 0.1) is 6.42 Å². The van der Waals surface area contributed by atoms with Gasteiger partial charge in [-0.25, -0.2) is 0 Å². The number of hydrogen-bond acceptors (Lipinski definition) is 2. The monoisotopic (exact) mass is 206 g/mol. The maximum absolute atomic E-state index is 11.1. The fourth-order valence-corrected chi connectivity index (χ4v) is 1.38. The summed E-state index contributed by atoms with van der Waals surface area (Å²) in [5.41, 5.74) is 0. The normalized spacial score (nSPS) is 10.5. The summed E-state index contributed by atoms with van der Waals surface area (Å²) >= 11 is 5.43. The molecule has 0 fully saturated rings. The van der Waals surface area contributed by atoms with Crippen molar-refractivity contribution in [3.05, 3.63) is 0 Å². The SMILES string of the molecule is CCCC(CCC)OC(=O)CCCl. The van der Waals surface area contributed by atoms with Gasteiger partial charge in [0.25, 0.3) is 0 Å². The lowest BCUT2D eigenvalue weighted by molar-refractivity contribution is -0.149. The molecule has 0 aliphatic carbocycles. The Balaban J connectivity index is 3.71. The molecule has 0 saturated heterocycles. The third-order valence-electron chi connectivity index (χ3n) is 1.82. The number of carbonyl (C=O) groups is 1. The van der Waals surface area contributed by atoms with Crippen molar-refractivity contribution in [1.82, 2.24) is 0 Å². The molecule has 0 amide bonds. The van der Waals surface area contributed by atoms with Crippen molar-refractivity contribution in [2.24, 2.45) is 0 Å². The van der Waals surface area contributed by atoms with Gasteiger partial charge in [-0.15, -0.1) is 11.6 Å². The maximum atomic E-state index is 11.1. The van der Waals surface area contributed by atoms with Crippen LogP contribution in [0.4, 0.5) is 0 Å². The molecule has 0 aromatic rings. The molecular weight excluding hydrogens is 188 g/mol. The van der Waals surface area contributed by atoms with Gasteiger partial charge < -0.3 is 4.74 Å². The molecule has 78 valence electrons. The summed E-state index contributed by atoms with van der Waals surface area (Å²) in [6, 6.07) is 0. The Labute approximate surface area is 85.6 Å². The van der Waals surface area contributed by atoms with E-state index in [2.05, 4.69) is 13.8 Å². The second-order valence-corrected chi connectivity index (χ2v) is 3.51. The summed E-state index contributed by atoms with van der Waals surface area (Å²) in [5, 5.41) is 0. The molecule has 0 aromatic carbocycles. The van der Waals surface area contributed by atoms with E-state index in [4.69, 9.17) is 16.3 Å². The first-order chi connectivity index (χ1) is 6.24. The van der Waals surface area contributed by atoms with E-state index in [1.165, 1.54) is 0 Å². The van der Waals surface area contributed by atoms with Crippen molar-refractivity contribution in [3.63, 3.8) is 0 Å². The molecule has 0 bridgehead atoms. The number of esters is 1. The van der Waals surface area contributed by atoms with Gasteiger partial charge in [0.15, 0.2) is 0 Å². The van der Waals surface area contributed by atoms with Gasteiger partial charge in [0.1, 0.15) is 6.10 Å². The highest BCUT2D eigenvalue weighted by Crippen LogP contribution is 2.10. The second kappa shape index (κ2) is 8.36. The van der Waals surface area contributed by atoms with Crippen molar-refractivity contribution >= 4 is 17.6 Å². The van der Waals surface area contributed by atoms with Crippen molar-refractivity contribution in [2.75, 3.05) is 5.88 Å². The van der Waals surface area contributed by atoms with Crippen LogP contribution in [-0.4, -0.2) is 18.0 Å². The maximum Gasteiger partial charge on any atom is 0.307 e. The summed E-state index contributed by atoms with van der Waals surface area (Å²) in [6.45, 7) is 4.19. The average Bonchev–Trinajstić information content (AvgIpc) is 2.05. The van der Waals surface area contributed by atoms with Crippen molar-refractivity contribution < 1.29 is 9.53 Å². The molecule has 0 aliphatic heterocycles. The van der Waals surface area contributed by atoms with E-state index in [-0.39, 0.29) is 12.1 Å². The Bertz CT molecular complexity index is 131. The Morgan fingerprint density at radius 1 is 1.31 bits per heavy atom. The van der Waals surface area contributed by atoms with E-state index in [1.807, 2.05) is 0 Å². The number of rotatable bonds is 7. The third-order valence-corrected chi connectivity index (χ3v) is 2.01. The van der Waals surface area contributed by atoms with E-state index in [0.717, 1.165) is 25.7 Å². The zero-order valence-electron chi connectivity index (χ0n) is 8.51. The fourth-order valence-electron chi connectivity index (χ4n) is 1.23. The molecule has 0 unspecified atom stereocenters. The highest BCUT2D eigenvalue weighted by Gasteiger charge is 2.11. The second-order valence-electron chi connectivity index (χ2n) is 3.13. The lowest BCUT2D eigenvalue weighted by atomic mass is 10.1. The molecule has 0 N–H and O–H groups in total. The van der Waals surface area contributed by atoms with Crippen molar-refractivity contribution in [3.8, 4) is 0 Å². The Morgan fingerprint density at radius 2 is 1.85 bits per heavy atom. The predicted molar refractivity (Wildman–Crippen MR) is 55.0 cm³/mol. The summed E-state index contributed by atoms with van der Waals surface area (Å²) in [6.07, 6.45) is 4.46. The largest absolute Gasteiger partial charge is 0.462 e. The van der Waals surface area contributed by atoms with Crippen molar-refractivity contribution in [2.45, 2.75) is 52.1 Å². The first-order valence-electron chi connectivity index (χ1n) is 5.00. The van der Waals surface area contributed by atoms with Crippen LogP contribution in [0.1, 0.15) is 46.0 Å². The molecule has 0 saturated carbocycles. The number of ether oxygens (including phenoxy) is 1. The van der Waals surface area contributed by atoms with E-state index in [1.54, 1.807) is 0 Å². The van der Waals surface area contributed by atoms with E-state index in [0.29, 0.717) is 12.3 Å². The molecule has 0 spiro atoms. The number of alkyl halides is 1. The minimum Gasteiger partial charge on any atom is -0.462 e. The van der Waals surface area contributed by atoms with E-state index < -0.39 is 0 Å². The fraction of sp³-hybridized carbons (Fsp3) is 0.900. The van der Waals surface area contributed by atoms with Gasteiger partial charge in [0.2, 0.25) is 0 Å². The topological polar surface area (TPSA) is 26.3 Å². The molecule has 0 heterocycles. The standard InChI is InChI=1S/C10H19ClO2/c1-3-5-9(6-4-2)13-10(12)7-8-11/h9H,3-8H2,1-2H3. The quantitative estimate of drug-likeness (QED) is 0.473. The van der Waals surface area contributed by atoms with Gasteiger partial charge in [-0.05, 0) is 12.8 Å². The van der Waals surface area contributed by atoms with Crippen LogP contribution in [-0.2, 0) is 9.53 Å². The van der Waals surface area contributed by atoms with Crippen LogP contribution in [0.3, 0.4) is 0 Å². The molecule has 0 rings (SSSR count). The summed E-state index contributed by atoms with van der Waals surface area (Å²) in [7, 11) is 0. The van der Waals surface area contributed by atoms with Crippen LogP contribution in [0, 0.1) is 0 Å². The number of carbonyl (C=O) groups excluding carboxylic acids is 1. The lowest BCUT2D eigenvalue weighted by Gasteiger charge is -2.15. The molecule has 2 nitrogen and oxygen atoms in total. The summed E-state index contributed by atoms with van der Waals surface area (Å²) in [4.78, 5) is 11.1. The molecule has 0 atom stereocenters. The molecule has 0 aliphatic rings. The van der Waals surface area contributed by atoms with Gasteiger partial charge in [-0.1, -0.05) is 26.7 Å². The molecular formula is C10H19ClO2. The summed E-state index contributed by atoms with van der Waals surface area (Å²) < 4.78 is 5.25. The van der Waals surface area contributed by atoms with Gasteiger partial charge in [0, 0.05) is 5.88 Å². The third kappa shape index (κ3) is 6.88. The van der Waals surface area contributed by atoms with Gasteiger partial charge >= 0.3 is 5.97 Å². The first-order valence-corrected chi connectivity index (χ1v) is 5.53. The lowest BCUT2D eigenvalue weighted by Crippen LogP contribution is -2.18.